The highest BCUT2D eigenvalue weighted by molar-refractivity contribution is 7.12. The number of carbonyl (C=O) groups excluding carboxylic acids is 2. The standard InChI is InChI=1S/C22H30N4O3S/c1-16(2)13-19(26-8-10-29-11-9-26)15-23-22(28)25-18-6-3-5-17(14-18)24-21(27)20-7-4-12-30-20/h3-7,12,14,16,19H,8-11,13,15H2,1-2H3,(H,24,27)(H2,23,25,28). The Morgan fingerprint density at radius 3 is 2.50 bits per heavy atom. The van der Waals surface area contributed by atoms with Gasteiger partial charge in [0.25, 0.3) is 5.91 Å². The van der Waals surface area contributed by atoms with E-state index >= 15 is 0 Å². The summed E-state index contributed by atoms with van der Waals surface area (Å²) in [5.41, 5.74) is 1.26. The van der Waals surface area contributed by atoms with Crippen molar-refractivity contribution < 1.29 is 14.3 Å². The summed E-state index contributed by atoms with van der Waals surface area (Å²) >= 11 is 1.39. The first-order valence-electron chi connectivity index (χ1n) is 10.3. The third kappa shape index (κ3) is 6.83. The van der Waals surface area contributed by atoms with E-state index in [0.29, 0.717) is 28.7 Å². The second-order valence-electron chi connectivity index (χ2n) is 7.78. The minimum absolute atomic E-state index is 0.159. The van der Waals surface area contributed by atoms with Crippen molar-refractivity contribution in [3.63, 3.8) is 0 Å². The number of nitrogens with one attached hydrogen (secondary N) is 3. The van der Waals surface area contributed by atoms with Gasteiger partial charge in [-0.2, -0.15) is 0 Å². The van der Waals surface area contributed by atoms with Crippen molar-refractivity contribution in [2.75, 3.05) is 43.5 Å². The molecule has 3 rings (SSSR count). The van der Waals surface area contributed by atoms with Gasteiger partial charge in [0.1, 0.15) is 0 Å². The fraction of sp³-hybridized carbons (Fsp3) is 0.455. The molecule has 7 nitrogen and oxygen atoms in total. The molecule has 1 saturated heterocycles. The third-order valence-electron chi connectivity index (χ3n) is 4.93. The van der Waals surface area contributed by atoms with Gasteiger partial charge in [0.15, 0.2) is 0 Å². The molecule has 0 bridgehead atoms. The second-order valence-corrected chi connectivity index (χ2v) is 8.73. The van der Waals surface area contributed by atoms with E-state index in [0.717, 1.165) is 32.7 Å². The average molecular weight is 431 g/mol. The largest absolute Gasteiger partial charge is 0.379 e. The molecule has 3 amide bonds. The molecular weight excluding hydrogens is 400 g/mol. The van der Waals surface area contributed by atoms with E-state index in [2.05, 4.69) is 34.7 Å². The number of carbonyl (C=O) groups is 2. The lowest BCUT2D eigenvalue weighted by molar-refractivity contribution is 0.0130. The van der Waals surface area contributed by atoms with Crippen molar-refractivity contribution in [2.45, 2.75) is 26.3 Å². The molecular formula is C22H30N4O3S. The molecule has 1 aromatic heterocycles. The summed E-state index contributed by atoms with van der Waals surface area (Å²) in [4.78, 5) is 27.7. The Morgan fingerprint density at radius 2 is 1.83 bits per heavy atom. The van der Waals surface area contributed by atoms with Crippen molar-refractivity contribution >= 4 is 34.6 Å². The predicted octanol–water partition coefficient (Wildman–Crippen LogP) is 3.87. The van der Waals surface area contributed by atoms with Crippen LogP contribution in [0, 0.1) is 5.92 Å². The number of anilines is 2. The number of hydrogen-bond acceptors (Lipinski definition) is 5. The van der Waals surface area contributed by atoms with Crippen molar-refractivity contribution in [3.8, 4) is 0 Å². The van der Waals surface area contributed by atoms with Crippen molar-refractivity contribution in [1.82, 2.24) is 10.2 Å². The van der Waals surface area contributed by atoms with E-state index in [1.807, 2.05) is 11.4 Å². The van der Waals surface area contributed by atoms with Gasteiger partial charge in [-0.15, -0.1) is 11.3 Å². The van der Waals surface area contributed by atoms with E-state index < -0.39 is 0 Å². The lowest BCUT2D eigenvalue weighted by atomic mass is 10.0. The normalized spacial score (nSPS) is 15.6. The molecule has 2 heterocycles. The van der Waals surface area contributed by atoms with Gasteiger partial charge in [0.05, 0.1) is 18.1 Å². The Morgan fingerprint density at radius 1 is 1.10 bits per heavy atom. The SMILES string of the molecule is CC(C)CC(CNC(=O)Nc1cccc(NC(=O)c2cccs2)c1)N1CCOCC1. The van der Waals surface area contributed by atoms with Crippen LogP contribution in [0.3, 0.4) is 0 Å². The molecule has 30 heavy (non-hydrogen) atoms. The summed E-state index contributed by atoms with van der Waals surface area (Å²) in [6, 6.07) is 10.8. The Labute approximate surface area is 181 Å². The summed E-state index contributed by atoms with van der Waals surface area (Å²) < 4.78 is 5.45. The zero-order chi connectivity index (χ0) is 21.3. The number of urea groups is 1. The number of hydrogen-bond donors (Lipinski definition) is 3. The number of thiophene rings is 1. The molecule has 0 saturated carbocycles. The Balaban J connectivity index is 1.52. The number of ether oxygens (including phenoxy) is 1. The Bertz CT molecular complexity index is 820. The molecule has 1 fully saturated rings. The lowest BCUT2D eigenvalue weighted by Crippen LogP contribution is -2.49. The summed E-state index contributed by atoms with van der Waals surface area (Å²) in [6.07, 6.45) is 1.02. The molecule has 1 atom stereocenters. The molecule has 2 aromatic rings. The summed E-state index contributed by atoms with van der Waals surface area (Å²) in [5.74, 6) is 0.389. The van der Waals surface area contributed by atoms with Gasteiger partial charge in [-0.1, -0.05) is 26.0 Å². The van der Waals surface area contributed by atoms with Crippen molar-refractivity contribution in [2.24, 2.45) is 5.92 Å². The molecule has 0 aliphatic carbocycles. The number of nitrogens with zero attached hydrogens (tertiary/aromatic N) is 1. The quantitative estimate of drug-likeness (QED) is 0.594. The van der Waals surface area contributed by atoms with Crippen LogP contribution in [0.1, 0.15) is 29.9 Å². The number of morpholine rings is 1. The van der Waals surface area contributed by atoms with E-state index in [1.165, 1.54) is 11.3 Å². The zero-order valence-corrected chi connectivity index (χ0v) is 18.3. The van der Waals surface area contributed by atoms with E-state index in [-0.39, 0.29) is 18.0 Å². The van der Waals surface area contributed by atoms with Crippen LogP contribution in [0.4, 0.5) is 16.2 Å². The van der Waals surface area contributed by atoms with Gasteiger partial charge >= 0.3 is 6.03 Å². The van der Waals surface area contributed by atoms with Gasteiger partial charge in [0.2, 0.25) is 0 Å². The number of benzene rings is 1. The maximum Gasteiger partial charge on any atom is 0.319 e. The fourth-order valence-corrected chi connectivity index (χ4v) is 4.13. The molecule has 1 aromatic carbocycles. The van der Waals surface area contributed by atoms with Gasteiger partial charge in [-0.3, -0.25) is 9.69 Å². The first kappa shape index (κ1) is 22.3. The zero-order valence-electron chi connectivity index (χ0n) is 17.5. The van der Waals surface area contributed by atoms with Crippen molar-refractivity contribution in [3.05, 3.63) is 46.7 Å². The highest BCUT2D eigenvalue weighted by Gasteiger charge is 2.22. The number of rotatable bonds is 8. The Hall–Kier alpha value is -2.42. The summed E-state index contributed by atoms with van der Waals surface area (Å²) in [7, 11) is 0. The van der Waals surface area contributed by atoms with Crippen LogP contribution in [0.15, 0.2) is 41.8 Å². The van der Waals surface area contributed by atoms with Crippen LogP contribution in [0.2, 0.25) is 0 Å². The topological polar surface area (TPSA) is 82.7 Å². The maximum absolute atomic E-state index is 12.5. The summed E-state index contributed by atoms with van der Waals surface area (Å²) in [6.45, 7) is 8.25. The van der Waals surface area contributed by atoms with Crippen LogP contribution in [0.25, 0.3) is 0 Å². The number of amides is 3. The maximum atomic E-state index is 12.5. The molecule has 1 unspecified atom stereocenters. The first-order chi connectivity index (χ1) is 14.5. The monoisotopic (exact) mass is 430 g/mol. The van der Waals surface area contributed by atoms with E-state index in [4.69, 9.17) is 4.74 Å². The molecule has 162 valence electrons. The molecule has 0 spiro atoms. The van der Waals surface area contributed by atoms with Crippen LogP contribution in [0.5, 0.6) is 0 Å². The van der Waals surface area contributed by atoms with E-state index in [9.17, 15) is 9.59 Å². The van der Waals surface area contributed by atoms with E-state index in [1.54, 1.807) is 30.3 Å². The average Bonchev–Trinajstić information content (AvgIpc) is 3.27. The van der Waals surface area contributed by atoms with Crippen LogP contribution < -0.4 is 16.0 Å². The smallest absolute Gasteiger partial charge is 0.319 e. The second kappa shape index (κ2) is 11.1. The van der Waals surface area contributed by atoms with Crippen LogP contribution in [-0.2, 0) is 4.74 Å². The van der Waals surface area contributed by atoms with Gasteiger partial charge in [-0.25, -0.2) is 4.79 Å². The molecule has 3 N–H and O–H groups in total. The fourth-order valence-electron chi connectivity index (χ4n) is 3.51. The van der Waals surface area contributed by atoms with Gasteiger partial charge < -0.3 is 20.7 Å². The van der Waals surface area contributed by atoms with Crippen LogP contribution >= 0.6 is 11.3 Å². The molecule has 0 radical (unpaired) electrons. The van der Waals surface area contributed by atoms with Crippen molar-refractivity contribution in [1.29, 1.82) is 0 Å². The minimum atomic E-state index is -0.251. The van der Waals surface area contributed by atoms with Gasteiger partial charge in [-0.05, 0) is 42.0 Å². The van der Waals surface area contributed by atoms with Gasteiger partial charge in [0, 0.05) is 37.1 Å². The molecule has 1 aliphatic rings. The summed E-state index contributed by atoms with van der Waals surface area (Å²) in [5, 5.41) is 10.6. The minimum Gasteiger partial charge on any atom is -0.379 e. The third-order valence-corrected chi connectivity index (χ3v) is 5.80. The first-order valence-corrected chi connectivity index (χ1v) is 11.2. The molecule has 1 aliphatic heterocycles. The highest BCUT2D eigenvalue weighted by atomic mass is 32.1. The highest BCUT2D eigenvalue weighted by Crippen LogP contribution is 2.18. The Kier molecular flexibility index (Phi) is 8.24. The molecule has 8 heteroatoms. The van der Waals surface area contributed by atoms with Crippen LogP contribution in [-0.4, -0.2) is 55.7 Å². The lowest BCUT2D eigenvalue weighted by Gasteiger charge is -2.35. The predicted molar refractivity (Wildman–Crippen MR) is 121 cm³/mol.